The molecule has 1 aliphatic carbocycles. The summed E-state index contributed by atoms with van der Waals surface area (Å²) < 4.78 is 3.52. The van der Waals surface area contributed by atoms with E-state index < -0.39 is 0 Å². The molecule has 0 spiro atoms. The van der Waals surface area contributed by atoms with Crippen LogP contribution in [0.1, 0.15) is 25.0 Å². The van der Waals surface area contributed by atoms with Crippen molar-refractivity contribution in [3.63, 3.8) is 0 Å². The van der Waals surface area contributed by atoms with Gasteiger partial charge in [0, 0.05) is 26.3 Å². The molecule has 1 heterocycles. The Morgan fingerprint density at radius 1 is 0.571 bits per heavy atom. The van der Waals surface area contributed by atoms with Gasteiger partial charge in [-0.3, -0.25) is 0 Å². The van der Waals surface area contributed by atoms with Gasteiger partial charge in [0.25, 0.3) is 0 Å². The number of halogens is 1. The van der Waals surface area contributed by atoms with Gasteiger partial charge in [0.05, 0.1) is 11.0 Å². The molecular formula is C33H24BrN. The summed E-state index contributed by atoms with van der Waals surface area (Å²) in [5, 5.41) is 2.56. The molecule has 5 aromatic carbocycles. The molecule has 1 aliphatic rings. The van der Waals surface area contributed by atoms with Crippen LogP contribution in [0.4, 0.5) is 0 Å². The fourth-order valence-electron chi connectivity index (χ4n) is 5.95. The minimum atomic E-state index is 0.0180. The minimum absolute atomic E-state index is 0.0180. The third kappa shape index (κ3) is 3.00. The van der Waals surface area contributed by atoms with Gasteiger partial charge in [-0.2, -0.15) is 0 Å². The molecule has 0 radical (unpaired) electrons. The topological polar surface area (TPSA) is 4.93 Å². The predicted octanol–water partition coefficient (Wildman–Crippen LogP) is 9.52. The van der Waals surface area contributed by atoms with Crippen molar-refractivity contribution in [1.82, 2.24) is 4.57 Å². The molecule has 0 fully saturated rings. The Morgan fingerprint density at radius 3 is 2.20 bits per heavy atom. The average molecular weight is 514 g/mol. The molecule has 6 aromatic rings. The molecule has 168 valence electrons. The smallest absolute Gasteiger partial charge is 0.0541 e. The molecule has 0 unspecified atom stereocenters. The maximum Gasteiger partial charge on any atom is 0.0541 e. The molecule has 7 rings (SSSR count). The summed E-state index contributed by atoms with van der Waals surface area (Å²) in [5.74, 6) is 0. The van der Waals surface area contributed by atoms with Crippen LogP contribution in [-0.2, 0) is 5.41 Å². The third-order valence-corrected chi connectivity index (χ3v) is 8.15. The van der Waals surface area contributed by atoms with E-state index in [1.54, 1.807) is 0 Å². The first-order valence-electron chi connectivity index (χ1n) is 12.1. The van der Waals surface area contributed by atoms with Crippen molar-refractivity contribution in [2.24, 2.45) is 0 Å². The lowest BCUT2D eigenvalue weighted by Crippen LogP contribution is -2.14. The van der Waals surface area contributed by atoms with Crippen molar-refractivity contribution >= 4 is 37.7 Å². The van der Waals surface area contributed by atoms with Gasteiger partial charge in [-0.05, 0) is 75.8 Å². The summed E-state index contributed by atoms with van der Waals surface area (Å²) in [7, 11) is 0. The summed E-state index contributed by atoms with van der Waals surface area (Å²) in [6, 6.07) is 40.0. The van der Waals surface area contributed by atoms with Gasteiger partial charge in [-0.1, -0.05) is 96.5 Å². The molecule has 1 aromatic heterocycles. The minimum Gasteiger partial charge on any atom is -0.309 e. The second kappa shape index (κ2) is 7.44. The Bertz CT molecular complexity index is 1790. The van der Waals surface area contributed by atoms with Crippen molar-refractivity contribution in [3.05, 3.63) is 125 Å². The molecule has 0 aliphatic heterocycles. The quantitative estimate of drug-likeness (QED) is 0.217. The Hall–Kier alpha value is -3.62. The maximum atomic E-state index is 3.62. The lowest BCUT2D eigenvalue weighted by atomic mass is 9.82. The van der Waals surface area contributed by atoms with Crippen LogP contribution in [0.2, 0.25) is 0 Å². The van der Waals surface area contributed by atoms with Crippen LogP contribution in [0.3, 0.4) is 0 Å². The Labute approximate surface area is 213 Å². The van der Waals surface area contributed by atoms with E-state index in [-0.39, 0.29) is 5.41 Å². The highest BCUT2D eigenvalue weighted by atomic mass is 79.9. The van der Waals surface area contributed by atoms with Gasteiger partial charge in [0.15, 0.2) is 0 Å². The second-order valence-electron chi connectivity index (χ2n) is 10.00. The molecule has 0 saturated carbocycles. The normalized spacial score (nSPS) is 13.8. The van der Waals surface area contributed by atoms with Crippen LogP contribution in [0.5, 0.6) is 0 Å². The third-order valence-electron chi connectivity index (χ3n) is 7.66. The van der Waals surface area contributed by atoms with Crippen molar-refractivity contribution in [1.29, 1.82) is 0 Å². The van der Waals surface area contributed by atoms with Gasteiger partial charge < -0.3 is 4.57 Å². The summed E-state index contributed by atoms with van der Waals surface area (Å²) in [6.07, 6.45) is 0. The van der Waals surface area contributed by atoms with Gasteiger partial charge >= 0.3 is 0 Å². The molecule has 1 nitrogen and oxygen atoms in total. The maximum absolute atomic E-state index is 3.62. The molecule has 35 heavy (non-hydrogen) atoms. The molecular weight excluding hydrogens is 490 g/mol. The Kier molecular flexibility index (Phi) is 4.40. The number of hydrogen-bond donors (Lipinski definition) is 0. The van der Waals surface area contributed by atoms with Gasteiger partial charge in [-0.25, -0.2) is 0 Å². The largest absolute Gasteiger partial charge is 0.309 e. The predicted molar refractivity (Wildman–Crippen MR) is 151 cm³/mol. The van der Waals surface area contributed by atoms with Crippen LogP contribution < -0.4 is 0 Å². The first-order valence-corrected chi connectivity index (χ1v) is 12.9. The van der Waals surface area contributed by atoms with Crippen molar-refractivity contribution in [2.75, 3.05) is 0 Å². The van der Waals surface area contributed by atoms with Crippen molar-refractivity contribution in [3.8, 4) is 27.9 Å². The number of hydrogen-bond acceptors (Lipinski definition) is 0. The lowest BCUT2D eigenvalue weighted by Gasteiger charge is -2.21. The molecule has 0 N–H and O–H groups in total. The van der Waals surface area contributed by atoms with Crippen LogP contribution in [-0.4, -0.2) is 4.57 Å². The number of benzene rings is 5. The first kappa shape index (κ1) is 20.7. The number of nitrogens with zero attached hydrogens (tertiary/aromatic N) is 1. The molecule has 2 heteroatoms. The second-order valence-corrected chi connectivity index (χ2v) is 10.9. The van der Waals surface area contributed by atoms with Crippen LogP contribution in [0.25, 0.3) is 49.7 Å². The first-order chi connectivity index (χ1) is 17.0. The van der Waals surface area contributed by atoms with Crippen LogP contribution >= 0.6 is 15.9 Å². The standard InChI is InChI=1S/C33H24BrN/c1-33(2)29-12-5-3-10-25(29)27-20-24(15-16-30(27)33)35-31-13-6-4-11-26(31)28-19-22(14-17-32(28)35)21-8-7-9-23(34)18-21/h3-20H,1-2H3. The highest BCUT2D eigenvalue weighted by Crippen LogP contribution is 2.49. The van der Waals surface area contributed by atoms with E-state index in [2.05, 4.69) is 144 Å². The van der Waals surface area contributed by atoms with E-state index in [1.165, 1.54) is 60.9 Å². The number of aromatic nitrogens is 1. The average Bonchev–Trinajstić information content (AvgIpc) is 3.33. The molecule has 0 saturated heterocycles. The lowest BCUT2D eigenvalue weighted by molar-refractivity contribution is 0.660. The molecule has 0 atom stereocenters. The summed E-state index contributed by atoms with van der Waals surface area (Å²) in [4.78, 5) is 0. The summed E-state index contributed by atoms with van der Waals surface area (Å²) in [6.45, 7) is 4.67. The van der Waals surface area contributed by atoms with Crippen LogP contribution in [0, 0.1) is 0 Å². The highest BCUT2D eigenvalue weighted by Gasteiger charge is 2.35. The summed E-state index contributed by atoms with van der Waals surface area (Å²) in [5.41, 5.74) is 11.7. The number of para-hydroxylation sites is 1. The van der Waals surface area contributed by atoms with E-state index in [4.69, 9.17) is 0 Å². The van der Waals surface area contributed by atoms with E-state index >= 15 is 0 Å². The van der Waals surface area contributed by atoms with Gasteiger partial charge in [-0.15, -0.1) is 0 Å². The number of fused-ring (bicyclic) bond motifs is 6. The SMILES string of the molecule is CC1(C)c2ccccc2-c2cc(-n3c4ccccc4c4cc(-c5cccc(Br)c5)ccc43)ccc21. The van der Waals surface area contributed by atoms with Crippen molar-refractivity contribution < 1.29 is 0 Å². The fraction of sp³-hybridized carbons (Fsp3) is 0.0909. The Balaban J connectivity index is 1.49. The van der Waals surface area contributed by atoms with E-state index in [0.717, 1.165) is 4.47 Å². The highest BCUT2D eigenvalue weighted by molar-refractivity contribution is 9.10. The fourth-order valence-corrected chi connectivity index (χ4v) is 6.35. The molecule has 0 bridgehead atoms. The van der Waals surface area contributed by atoms with Gasteiger partial charge in [0.2, 0.25) is 0 Å². The zero-order valence-electron chi connectivity index (χ0n) is 19.7. The molecule has 0 amide bonds. The van der Waals surface area contributed by atoms with E-state index in [9.17, 15) is 0 Å². The zero-order chi connectivity index (χ0) is 23.7. The Morgan fingerprint density at radius 2 is 1.31 bits per heavy atom. The monoisotopic (exact) mass is 513 g/mol. The van der Waals surface area contributed by atoms with E-state index in [1.807, 2.05) is 0 Å². The van der Waals surface area contributed by atoms with Crippen LogP contribution in [0.15, 0.2) is 114 Å². The van der Waals surface area contributed by atoms with Crippen molar-refractivity contribution in [2.45, 2.75) is 19.3 Å². The van der Waals surface area contributed by atoms with Gasteiger partial charge in [0.1, 0.15) is 0 Å². The van der Waals surface area contributed by atoms with E-state index in [0.29, 0.717) is 0 Å². The summed E-state index contributed by atoms with van der Waals surface area (Å²) >= 11 is 3.62. The number of rotatable bonds is 2. The zero-order valence-corrected chi connectivity index (χ0v) is 21.3.